The Labute approximate surface area is 268 Å². The number of pyridine rings is 1. The molecular weight excluding hydrogens is 616 g/mol. The second-order valence-corrected chi connectivity index (χ2v) is 11.6. The Hall–Kier alpha value is -4.56. The third-order valence-corrected chi connectivity index (χ3v) is 8.68. The van der Waals surface area contributed by atoms with Crippen LogP contribution in [0.5, 0.6) is 17.2 Å². The van der Waals surface area contributed by atoms with Crippen LogP contribution in [-0.4, -0.2) is 43.0 Å². The molecule has 0 fully saturated rings. The molecule has 0 atom stereocenters. The summed E-state index contributed by atoms with van der Waals surface area (Å²) in [5.74, 6) is 1.59. The van der Waals surface area contributed by atoms with Gasteiger partial charge in [0.2, 0.25) is 11.7 Å². The van der Waals surface area contributed by atoms with E-state index in [2.05, 4.69) is 16.4 Å². The number of nitrogens with zero attached hydrogens (tertiary/aromatic N) is 3. The number of rotatable bonds is 11. The maximum Gasteiger partial charge on any atom is 0.226 e. The number of carbonyl (C=O) groups is 1. The van der Waals surface area contributed by atoms with Crippen LogP contribution >= 0.6 is 34.7 Å². The monoisotopic (exact) mass is 642 g/mol. The molecule has 0 saturated heterocycles. The molecule has 1 amide bonds. The van der Waals surface area contributed by atoms with E-state index >= 15 is 0 Å². The van der Waals surface area contributed by atoms with Crippen LogP contribution in [0.4, 0.5) is 5.13 Å². The van der Waals surface area contributed by atoms with Crippen LogP contribution in [0.3, 0.4) is 0 Å². The van der Waals surface area contributed by atoms with Crippen molar-refractivity contribution in [2.24, 2.45) is 0 Å². The molecule has 222 valence electrons. The number of hydrogen-bond acceptors (Lipinski definition) is 9. The third-order valence-electron chi connectivity index (χ3n) is 6.61. The van der Waals surface area contributed by atoms with E-state index in [4.69, 9.17) is 30.8 Å². The number of thioether (sulfide) groups is 1. The Balaban J connectivity index is 1.41. The Kier molecular flexibility index (Phi) is 10.0. The molecule has 8 nitrogen and oxygen atoms in total. The zero-order valence-electron chi connectivity index (χ0n) is 24.1. The first-order valence-corrected chi connectivity index (χ1v) is 15.6. The van der Waals surface area contributed by atoms with Gasteiger partial charge in [0.1, 0.15) is 11.1 Å². The van der Waals surface area contributed by atoms with Gasteiger partial charge in [0.25, 0.3) is 0 Å². The highest BCUT2D eigenvalue weighted by molar-refractivity contribution is 7.99. The van der Waals surface area contributed by atoms with Crippen LogP contribution in [0.15, 0.2) is 83.2 Å². The standard InChI is InChI=1S/C33H27ClN4O4S2/c1-40-28-15-21(16-29(41-2)31(28)42-3)23-17-26(20-9-5-4-6-10-20)36-32(24(23)18-35)43-14-13-30(39)38-33-37-27(19-44-33)22-11-7-8-12-25(22)34/h4-12,15-17,19H,13-14H2,1-3H3,(H,37,38,39). The van der Waals surface area contributed by atoms with Gasteiger partial charge in [-0.25, -0.2) is 9.97 Å². The molecule has 1 N–H and O–H groups in total. The van der Waals surface area contributed by atoms with Gasteiger partial charge >= 0.3 is 0 Å². The van der Waals surface area contributed by atoms with Crippen molar-refractivity contribution in [3.63, 3.8) is 0 Å². The predicted octanol–water partition coefficient (Wildman–Crippen LogP) is 8.21. The van der Waals surface area contributed by atoms with E-state index in [1.165, 1.54) is 30.2 Å². The van der Waals surface area contributed by atoms with Crippen molar-refractivity contribution < 1.29 is 19.0 Å². The summed E-state index contributed by atoms with van der Waals surface area (Å²) in [6.07, 6.45) is 0.188. The summed E-state index contributed by atoms with van der Waals surface area (Å²) < 4.78 is 16.6. The van der Waals surface area contributed by atoms with Crippen molar-refractivity contribution in [2.75, 3.05) is 32.4 Å². The van der Waals surface area contributed by atoms with E-state index in [9.17, 15) is 10.1 Å². The number of benzene rings is 3. The Bertz CT molecular complexity index is 1810. The summed E-state index contributed by atoms with van der Waals surface area (Å²) in [5, 5.41) is 16.6. The van der Waals surface area contributed by atoms with E-state index < -0.39 is 0 Å². The number of ether oxygens (including phenoxy) is 3. The van der Waals surface area contributed by atoms with Crippen LogP contribution in [0.1, 0.15) is 12.0 Å². The van der Waals surface area contributed by atoms with Crippen LogP contribution in [0, 0.1) is 11.3 Å². The Morgan fingerprint density at radius 1 is 0.909 bits per heavy atom. The molecule has 0 aliphatic rings. The zero-order valence-corrected chi connectivity index (χ0v) is 26.5. The van der Waals surface area contributed by atoms with Crippen LogP contribution < -0.4 is 19.5 Å². The number of anilines is 1. The fourth-order valence-electron chi connectivity index (χ4n) is 4.50. The second-order valence-electron chi connectivity index (χ2n) is 9.29. The minimum absolute atomic E-state index is 0.188. The van der Waals surface area contributed by atoms with Crippen LogP contribution in [0.25, 0.3) is 33.6 Å². The summed E-state index contributed by atoms with van der Waals surface area (Å²) >= 11 is 8.97. The van der Waals surface area contributed by atoms with Gasteiger partial charge < -0.3 is 19.5 Å². The quantitative estimate of drug-likeness (QED) is 0.144. The molecule has 0 spiro atoms. The number of methoxy groups -OCH3 is 3. The summed E-state index contributed by atoms with van der Waals surface area (Å²) in [6.45, 7) is 0. The maximum atomic E-state index is 12.8. The van der Waals surface area contributed by atoms with Crippen molar-refractivity contribution in [2.45, 2.75) is 11.4 Å². The molecule has 44 heavy (non-hydrogen) atoms. The number of carbonyl (C=O) groups excluding carboxylic acids is 1. The highest BCUT2D eigenvalue weighted by Crippen LogP contribution is 2.43. The highest BCUT2D eigenvalue weighted by Gasteiger charge is 2.20. The molecule has 2 heterocycles. The number of aromatic nitrogens is 2. The van der Waals surface area contributed by atoms with Crippen molar-refractivity contribution in [3.05, 3.63) is 88.8 Å². The van der Waals surface area contributed by atoms with E-state index in [0.29, 0.717) is 66.3 Å². The van der Waals surface area contributed by atoms with Gasteiger partial charge in [-0.15, -0.1) is 23.1 Å². The molecule has 5 rings (SSSR count). The molecule has 0 bridgehead atoms. The predicted molar refractivity (Wildman–Crippen MR) is 176 cm³/mol. The van der Waals surface area contributed by atoms with Crippen molar-refractivity contribution in [1.82, 2.24) is 9.97 Å². The molecule has 3 aromatic carbocycles. The number of hydrogen-bond donors (Lipinski definition) is 1. The first kappa shape index (κ1) is 30.9. The lowest BCUT2D eigenvalue weighted by Gasteiger charge is -2.16. The molecule has 2 aromatic heterocycles. The lowest BCUT2D eigenvalue weighted by Crippen LogP contribution is -2.12. The zero-order chi connectivity index (χ0) is 31.1. The largest absolute Gasteiger partial charge is 0.493 e. The topological polar surface area (TPSA) is 106 Å². The number of halogens is 1. The Morgan fingerprint density at radius 2 is 1.61 bits per heavy atom. The minimum Gasteiger partial charge on any atom is -0.493 e. The highest BCUT2D eigenvalue weighted by atomic mass is 35.5. The van der Waals surface area contributed by atoms with Gasteiger partial charge in [0, 0.05) is 39.3 Å². The van der Waals surface area contributed by atoms with Gasteiger partial charge in [-0.2, -0.15) is 5.26 Å². The molecule has 0 saturated carbocycles. The summed E-state index contributed by atoms with van der Waals surface area (Å²) in [4.78, 5) is 22.2. The normalized spacial score (nSPS) is 10.6. The van der Waals surface area contributed by atoms with Crippen molar-refractivity contribution in [1.29, 1.82) is 5.26 Å². The SMILES string of the molecule is COc1cc(-c2cc(-c3ccccc3)nc(SCCC(=O)Nc3nc(-c4ccccc4Cl)cs3)c2C#N)cc(OC)c1OC. The summed E-state index contributed by atoms with van der Waals surface area (Å²) in [5.41, 5.74) is 4.82. The average Bonchev–Trinajstić information content (AvgIpc) is 3.52. The number of nitrogens with one attached hydrogen (secondary N) is 1. The number of amides is 1. The van der Waals surface area contributed by atoms with Crippen molar-refractivity contribution >= 4 is 45.7 Å². The van der Waals surface area contributed by atoms with Gasteiger partial charge in [-0.1, -0.05) is 60.1 Å². The minimum atomic E-state index is -0.194. The maximum absolute atomic E-state index is 12.8. The lowest BCUT2D eigenvalue weighted by atomic mass is 9.98. The number of thiazole rings is 1. The Morgan fingerprint density at radius 3 is 2.27 bits per heavy atom. The molecular formula is C33H27ClN4O4S2. The first-order valence-electron chi connectivity index (χ1n) is 13.4. The van der Waals surface area contributed by atoms with Gasteiger partial charge in [-0.3, -0.25) is 4.79 Å². The van der Waals surface area contributed by atoms with E-state index in [1.807, 2.05) is 60.0 Å². The fraction of sp³-hybridized carbons (Fsp3) is 0.152. The van der Waals surface area contributed by atoms with E-state index in [0.717, 1.165) is 11.1 Å². The average molecular weight is 643 g/mol. The van der Waals surface area contributed by atoms with Crippen molar-refractivity contribution in [3.8, 4) is 57.0 Å². The molecule has 0 aliphatic heterocycles. The van der Waals surface area contributed by atoms with Crippen LogP contribution in [0.2, 0.25) is 5.02 Å². The number of nitriles is 1. The summed E-state index contributed by atoms with van der Waals surface area (Å²) in [6, 6.07) is 25.0. The molecule has 0 aliphatic carbocycles. The second kappa shape index (κ2) is 14.3. The third kappa shape index (κ3) is 6.81. The first-order chi connectivity index (χ1) is 21.4. The fourth-order valence-corrected chi connectivity index (χ4v) is 6.40. The molecule has 0 radical (unpaired) electrons. The van der Waals surface area contributed by atoms with Gasteiger partial charge in [0.15, 0.2) is 16.6 Å². The lowest BCUT2D eigenvalue weighted by molar-refractivity contribution is -0.115. The summed E-state index contributed by atoms with van der Waals surface area (Å²) in [7, 11) is 4.63. The van der Waals surface area contributed by atoms with Gasteiger partial charge in [-0.05, 0) is 29.8 Å². The van der Waals surface area contributed by atoms with E-state index in [-0.39, 0.29) is 12.3 Å². The van der Waals surface area contributed by atoms with E-state index in [1.54, 1.807) is 32.4 Å². The molecule has 11 heteroatoms. The molecule has 5 aromatic rings. The smallest absolute Gasteiger partial charge is 0.226 e. The van der Waals surface area contributed by atoms with Gasteiger partial charge in [0.05, 0.1) is 38.3 Å². The molecule has 0 unspecified atom stereocenters. The van der Waals surface area contributed by atoms with Crippen LogP contribution in [-0.2, 0) is 4.79 Å².